The van der Waals surface area contributed by atoms with Crippen molar-refractivity contribution in [2.45, 2.75) is 6.42 Å². The highest BCUT2D eigenvalue weighted by molar-refractivity contribution is 6.13. The molecule has 4 nitrogen and oxygen atoms in total. The van der Waals surface area contributed by atoms with Gasteiger partial charge in [0.05, 0.1) is 0 Å². The molecule has 2 aromatic heterocycles. The molecule has 0 aliphatic heterocycles. The van der Waals surface area contributed by atoms with Gasteiger partial charge in [0.1, 0.15) is 17.0 Å². The van der Waals surface area contributed by atoms with Crippen molar-refractivity contribution in [3.63, 3.8) is 0 Å². The van der Waals surface area contributed by atoms with Crippen LogP contribution in [0.25, 0.3) is 77.7 Å². The van der Waals surface area contributed by atoms with Gasteiger partial charge in [-0.25, -0.2) is 15.0 Å². The van der Waals surface area contributed by atoms with E-state index in [1.807, 2.05) is 72.8 Å². The highest BCUT2D eigenvalue weighted by Crippen LogP contribution is 2.40. The lowest BCUT2D eigenvalue weighted by molar-refractivity contribution is 0.669. The number of benzene rings is 6. The lowest BCUT2D eigenvalue weighted by Gasteiger charge is -2.11. The van der Waals surface area contributed by atoms with Crippen LogP contribution in [0, 0.1) is 0 Å². The first kappa shape index (κ1) is 29.0. The van der Waals surface area contributed by atoms with Gasteiger partial charge >= 0.3 is 0 Å². The maximum Gasteiger partial charge on any atom is 0.164 e. The normalized spacial score (nSPS) is 11.8. The van der Waals surface area contributed by atoms with Gasteiger partial charge in [-0.2, -0.15) is 0 Å². The number of nitrogens with zero attached hydrogens (tertiary/aromatic N) is 3. The fraction of sp³-hybridized carbons (Fsp3) is 0.0227. The summed E-state index contributed by atoms with van der Waals surface area (Å²) in [6, 6.07) is 46.2. The predicted octanol–water partition coefficient (Wildman–Crippen LogP) is 11.4. The van der Waals surface area contributed by atoms with Gasteiger partial charge in [0.25, 0.3) is 0 Å². The molecule has 0 unspecified atom stereocenters. The van der Waals surface area contributed by atoms with E-state index in [4.69, 9.17) is 19.4 Å². The van der Waals surface area contributed by atoms with Crippen LogP contribution in [0.15, 0.2) is 175 Å². The summed E-state index contributed by atoms with van der Waals surface area (Å²) in [6.07, 6.45) is 10.2. The number of furan rings is 1. The number of para-hydroxylation sites is 1. The quantitative estimate of drug-likeness (QED) is 0.159. The van der Waals surface area contributed by atoms with E-state index in [2.05, 4.69) is 91.5 Å². The van der Waals surface area contributed by atoms with Crippen molar-refractivity contribution in [2.75, 3.05) is 0 Å². The second kappa shape index (κ2) is 12.8. The van der Waals surface area contributed by atoms with Crippen molar-refractivity contribution in [1.82, 2.24) is 15.0 Å². The van der Waals surface area contributed by atoms with Crippen LogP contribution >= 0.6 is 0 Å². The first-order valence-corrected chi connectivity index (χ1v) is 16.0. The summed E-state index contributed by atoms with van der Waals surface area (Å²) < 4.78 is 6.47. The van der Waals surface area contributed by atoms with Crippen molar-refractivity contribution in [1.29, 1.82) is 0 Å². The summed E-state index contributed by atoms with van der Waals surface area (Å²) in [5.41, 5.74) is 7.95. The van der Waals surface area contributed by atoms with E-state index in [0.717, 1.165) is 44.2 Å². The van der Waals surface area contributed by atoms with Crippen molar-refractivity contribution in [2.24, 2.45) is 0 Å². The highest BCUT2D eigenvalue weighted by Gasteiger charge is 2.19. The molecule has 0 spiro atoms. The molecule has 0 bridgehead atoms. The third-order valence-electron chi connectivity index (χ3n) is 8.55. The molecule has 0 fully saturated rings. The minimum atomic E-state index is 0.557. The number of hydrogen-bond donors (Lipinski definition) is 0. The standard InChI is InChI=1S/C44H31N3O/c1-2-3-4-5-9-23-41-45-43(33-16-7-6-8-17-33)47-44(46-41)38-28-34(29-40-42(38)37-20-12-13-22-39(37)48-40)30-24-26-32(27-25-30)36-21-14-18-31-15-10-11-19-35(31)36/h2-22,24-29H,1,23H2/b4-3-,9-5-. The Morgan fingerprint density at radius 1 is 0.521 bits per heavy atom. The summed E-state index contributed by atoms with van der Waals surface area (Å²) in [5.74, 6) is 1.93. The van der Waals surface area contributed by atoms with Crippen molar-refractivity contribution in [3.05, 3.63) is 176 Å². The van der Waals surface area contributed by atoms with Gasteiger partial charge in [0.2, 0.25) is 0 Å². The van der Waals surface area contributed by atoms with Gasteiger partial charge in [-0.15, -0.1) is 0 Å². The third-order valence-corrected chi connectivity index (χ3v) is 8.55. The molecule has 8 rings (SSSR count). The Balaban J connectivity index is 1.29. The Bertz CT molecular complexity index is 2480. The van der Waals surface area contributed by atoms with Crippen molar-refractivity contribution < 1.29 is 4.42 Å². The van der Waals surface area contributed by atoms with Gasteiger partial charge in [-0.3, -0.25) is 0 Å². The molecule has 0 saturated heterocycles. The van der Waals surface area contributed by atoms with Crippen LogP contribution in [0.5, 0.6) is 0 Å². The number of allylic oxidation sites excluding steroid dienone is 5. The highest BCUT2D eigenvalue weighted by atomic mass is 16.3. The van der Waals surface area contributed by atoms with E-state index in [0.29, 0.717) is 23.9 Å². The second-order valence-corrected chi connectivity index (χ2v) is 11.6. The molecule has 4 heteroatoms. The zero-order valence-electron chi connectivity index (χ0n) is 26.3. The average Bonchev–Trinajstić information content (AvgIpc) is 3.53. The molecular formula is C44H31N3O. The molecule has 8 aromatic rings. The predicted molar refractivity (Wildman–Crippen MR) is 199 cm³/mol. The molecule has 0 N–H and O–H groups in total. The smallest absolute Gasteiger partial charge is 0.164 e. The Hall–Kier alpha value is -6.39. The SMILES string of the molecule is C=C/C=C\C=C/Cc1nc(-c2ccccc2)nc(-c2cc(-c3ccc(-c4cccc5ccccc45)cc3)cc3oc4ccccc4c23)n1. The molecule has 0 atom stereocenters. The zero-order valence-corrected chi connectivity index (χ0v) is 26.3. The molecular weight excluding hydrogens is 587 g/mol. The van der Waals surface area contributed by atoms with Crippen LogP contribution in [-0.2, 0) is 6.42 Å². The lowest BCUT2D eigenvalue weighted by atomic mass is 9.94. The van der Waals surface area contributed by atoms with Crippen LogP contribution in [0.1, 0.15) is 5.82 Å². The van der Waals surface area contributed by atoms with Crippen LogP contribution < -0.4 is 0 Å². The Morgan fingerprint density at radius 2 is 1.25 bits per heavy atom. The molecule has 0 aliphatic carbocycles. The third kappa shape index (κ3) is 5.61. The van der Waals surface area contributed by atoms with Crippen LogP contribution in [0.2, 0.25) is 0 Å². The van der Waals surface area contributed by atoms with Crippen molar-refractivity contribution >= 4 is 32.7 Å². The van der Waals surface area contributed by atoms with E-state index in [1.165, 1.54) is 21.9 Å². The maximum atomic E-state index is 6.47. The molecule has 228 valence electrons. The summed E-state index contributed by atoms with van der Waals surface area (Å²) in [5, 5.41) is 4.49. The number of rotatable bonds is 8. The monoisotopic (exact) mass is 617 g/mol. The number of fused-ring (bicyclic) bond motifs is 4. The summed E-state index contributed by atoms with van der Waals surface area (Å²) in [6.45, 7) is 3.75. The van der Waals surface area contributed by atoms with E-state index >= 15 is 0 Å². The first-order chi connectivity index (χ1) is 23.7. The molecule has 6 aromatic carbocycles. The molecule has 0 saturated carbocycles. The number of hydrogen-bond acceptors (Lipinski definition) is 4. The summed E-state index contributed by atoms with van der Waals surface area (Å²) in [4.78, 5) is 15.0. The minimum Gasteiger partial charge on any atom is -0.456 e. The zero-order chi connectivity index (χ0) is 32.3. The molecule has 48 heavy (non-hydrogen) atoms. The Kier molecular flexibility index (Phi) is 7.73. The van der Waals surface area contributed by atoms with E-state index in [-0.39, 0.29) is 0 Å². The molecule has 2 heterocycles. The van der Waals surface area contributed by atoms with Gasteiger partial charge in [0.15, 0.2) is 11.6 Å². The van der Waals surface area contributed by atoms with Crippen molar-refractivity contribution in [3.8, 4) is 45.0 Å². The molecule has 0 radical (unpaired) electrons. The Labute approximate surface area is 279 Å². The molecule has 0 amide bonds. The van der Waals surface area contributed by atoms with Gasteiger partial charge in [-0.1, -0.05) is 152 Å². The lowest BCUT2D eigenvalue weighted by Crippen LogP contribution is -2.03. The maximum absolute atomic E-state index is 6.47. The first-order valence-electron chi connectivity index (χ1n) is 16.0. The van der Waals surface area contributed by atoms with Gasteiger partial charge in [-0.05, 0) is 51.2 Å². The average molecular weight is 618 g/mol. The number of aromatic nitrogens is 3. The van der Waals surface area contributed by atoms with Gasteiger partial charge < -0.3 is 4.42 Å². The largest absolute Gasteiger partial charge is 0.456 e. The fourth-order valence-corrected chi connectivity index (χ4v) is 6.26. The second-order valence-electron chi connectivity index (χ2n) is 11.6. The minimum absolute atomic E-state index is 0.557. The van der Waals surface area contributed by atoms with Crippen LogP contribution in [-0.4, -0.2) is 15.0 Å². The fourth-order valence-electron chi connectivity index (χ4n) is 6.26. The van der Waals surface area contributed by atoms with Gasteiger partial charge in [0, 0.05) is 28.3 Å². The molecule has 0 aliphatic rings. The van der Waals surface area contributed by atoms with Crippen LogP contribution in [0.3, 0.4) is 0 Å². The van der Waals surface area contributed by atoms with E-state index in [9.17, 15) is 0 Å². The van der Waals surface area contributed by atoms with E-state index < -0.39 is 0 Å². The van der Waals surface area contributed by atoms with E-state index in [1.54, 1.807) is 6.08 Å². The summed E-state index contributed by atoms with van der Waals surface area (Å²) >= 11 is 0. The summed E-state index contributed by atoms with van der Waals surface area (Å²) in [7, 11) is 0. The Morgan fingerprint density at radius 3 is 2.10 bits per heavy atom. The van der Waals surface area contributed by atoms with Crippen LogP contribution in [0.4, 0.5) is 0 Å². The topological polar surface area (TPSA) is 51.8 Å².